The Bertz CT molecular complexity index is 520. The molecule has 0 aliphatic rings. The SMILES string of the molecule is Nc1n[nH]c2c(Br)cccc2c1=O. The molecule has 2 aromatic rings. The highest BCUT2D eigenvalue weighted by atomic mass is 79.9. The number of aromatic nitrogens is 2. The first-order valence-corrected chi connectivity index (χ1v) is 4.42. The molecule has 0 unspecified atom stereocenters. The largest absolute Gasteiger partial charge is 0.379 e. The highest BCUT2D eigenvalue weighted by molar-refractivity contribution is 9.10. The number of anilines is 1. The summed E-state index contributed by atoms with van der Waals surface area (Å²) in [5, 5.41) is 6.93. The molecule has 1 aromatic carbocycles. The van der Waals surface area contributed by atoms with E-state index in [0.29, 0.717) is 10.9 Å². The van der Waals surface area contributed by atoms with Gasteiger partial charge in [-0.05, 0) is 28.1 Å². The monoisotopic (exact) mass is 239 g/mol. The smallest absolute Gasteiger partial charge is 0.231 e. The summed E-state index contributed by atoms with van der Waals surface area (Å²) in [6.45, 7) is 0. The number of halogens is 1. The Morgan fingerprint density at radius 2 is 2.23 bits per heavy atom. The third-order valence-corrected chi connectivity index (χ3v) is 2.44. The summed E-state index contributed by atoms with van der Waals surface area (Å²) in [4.78, 5) is 11.5. The van der Waals surface area contributed by atoms with E-state index in [2.05, 4.69) is 26.1 Å². The molecule has 0 saturated carbocycles. The maximum Gasteiger partial charge on any atom is 0.231 e. The second-order valence-corrected chi connectivity index (χ2v) is 3.45. The van der Waals surface area contributed by atoms with Crippen LogP contribution in [0.15, 0.2) is 27.5 Å². The maximum absolute atomic E-state index is 11.5. The van der Waals surface area contributed by atoms with Crippen molar-refractivity contribution in [2.45, 2.75) is 0 Å². The first-order chi connectivity index (χ1) is 6.20. The van der Waals surface area contributed by atoms with Crippen molar-refractivity contribution in [1.82, 2.24) is 10.2 Å². The van der Waals surface area contributed by atoms with Gasteiger partial charge in [-0.3, -0.25) is 9.89 Å². The topological polar surface area (TPSA) is 71.8 Å². The van der Waals surface area contributed by atoms with E-state index in [1.54, 1.807) is 12.1 Å². The lowest BCUT2D eigenvalue weighted by Gasteiger charge is -1.99. The zero-order valence-corrected chi connectivity index (χ0v) is 8.13. The molecule has 0 amide bonds. The number of nitrogens with one attached hydrogen (secondary N) is 1. The zero-order chi connectivity index (χ0) is 9.42. The number of benzene rings is 1. The van der Waals surface area contributed by atoms with Crippen LogP contribution in [0.5, 0.6) is 0 Å². The van der Waals surface area contributed by atoms with E-state index in [9.17, 15) is 4.79 Å². The Kier molecular flexibility index (Phi) is 1.81. The molecule has 1 heterocycles. The first kappa shape index (κ1) is 8.25. The minimum absolute atomic E-state index is 0.00870. The van der Waals surface area contributed by atoms with Crippen molar-refractivity contribution >= 4 is 32.7 Å². The standard InChI is InChI=1S/C8H6BrN3O/c9-5-3-1-2-4-6(5)11-12-8(10)7(4)13/h1-3H,(H2,10,12)(H,11,13). The summed E-state index contributed by atoms with van der Waals surface area (Å²) in [7, 11) is 0. The highest BCUT2D eigenvalue weighted by Crippen LogP contribution is 2.18. The molecule has 0 atom stereocenters. The van der Waals surface area contributed by atoms with Crippen LogP contribution in [0, 0.1) is 0 Å². The van der Waals surface area contributed by atoms with E-state index in [4.69, 9.17) is 5.73 Å². The van der Waals surface area contributed by atoms with Crippen molar-refractivity contribution in [2.24, 2.45) is 0 Å². The molecule has 0 fully saturated rings. The van der Waals surface area contributed by atoms with Crippen LogP contribution < -0.4 is 11.2 Å². The molecule has 2 rings (SSSR count). The Hall–Kier alpha value is -1.36. The van der Waals surface area contributed by atoms with Gasteiger partial charge in [0, 0.05) is 4.47 Å². The number of hydrogen-bond donors (Lipinski definition) is 2. The molecular formula is C8H6BrN3O. The Balaban J connectivity index is 3.03. The van der Waals surface area contributed by atoms with Crippen molar-refractivity contribution in [1.29, 1.82) is 0 Å². The van der Waals surface area contributed by atoms with E-state index in [1.807, 2.05) is 6.07 Å². The summed E-state index contributed by atoms with van der Waals surface area (Å²) in [6.07, 6.45) is 0. The molecule has 0 bridgehead atoms. The molecular weight excluding hydrogens is 234 g/mol. The second kappa shape index (κ2) is 2.85. The summed E-state index contributed by atoms with van der Waals surface area (Å²) in [6, 6.07) is 5.31. The Labute approximate surface area is 81.9 Å². The predicted molar refractivity (Wildman–Crippen MR) is 54.5 cm³/mol. The predicted octanol–water partition coefficient (Wildman–Crippen LogP) is 1.27. The maximum atomic E-state index is 11.5. The number of nitrogens with zero attached hydrogens (tertiary/aromatic N) is 1. The minimum atomic E-state index is -0.241. The van der Waals surface area contributed by atoms with Crippen molar-refractivity contribution in [2.75, 3.05) is 5.73 Å². The van der Waals surface area contributed by atoms with Gasteiger partial charge in [0.1, 0.15) is 0 Å². The lowest BCUT2D eigenvalue weighted by Crippen LogP contribution is -2.12. The van der Waals surface area contributed by atoms with Gasteiger partial charge in [-0.15, -0.1) is 0 Å². The molecule has 3 N–H and O–H groups in total. The van der Waals surface area contributed by atoms with Crippen molar-refractivity contribution in [3.63, 3.8) is 0 Å². The number of fused-ring (bicyclic) bond motifs is 1. The fourth-order valence-corrected chi connectivity index (χ4v) is 1.59. The number of hydrogen-bond acceptors (Lipinski definition) is 3. The van der Waals surface area contributed by atoms with Crippen LogP contribution >= 0.6 is 15.9 Å². The molecule has 0 saturated heterocycles. The number of nitrogen functional groups attached to an aromatic ring is 1. The van der Waals surface area contributed by atoms with Crippen LogP contribution in [0.2, 0.25) is 0 Å². The van der Waals surface area contributed by atoms with Crippen molar-refractivity contribution < 1.29 is 0 Å². The normalized spacial score (nSPS) is 10.5. The number of nitrogens with two attached hydrogens (primary N) is 1. The van der Waals surface area contributed by atoms with Gasteiger partial charge in [-0.25, -0.2) is 0 Å². The lowest BCUT2D eigenvalue weighted by atomic mass is 10.2. The summed E-state index contributed by atoms with van der Waals surface area (Å²) < 4.78 is 0.801. The van der Waals surface area contributed by atoms with Crippen LogP contribution in [0.25, 0.3) is 10.9 Å². The minimum Gasteiger partial charge on any atom is -0.379 e. The summed E-state index contributed by atoms with van der Waals surface area (Å²) >= 11 is 3.30. The van der Waals surface area contributed by atoms with Crippen LogP contribution in [-0.4, -0.2) is 10.2 Å². The Morgan fingerprint density at radius 1 is 1.46 bits per heavy atom. The molecule has 4 nitrogen and oxygen atoms in total. The third-order valence-electron chi connectivity index (χ3n) is 1.78. The van der Waals surface area contributed by atoms with Gasteiger partial charge < -0.3 is 5.73 Å². The summed E-state index contributed by atoms with van der Waals surface area (Å²) in [5.74, 6) is -0.00870. The van der Waals surface area contributed by atoms with E-state index in [-0.39, 0.29) is 11.2 Å². The van der Waals surface area contributed by atoms with E-state index < -0.39 is 0 Å². The molecule has 13 heavy (non-hydrogen) atoms. The van der Waals surface area contributed by atoms with Gasteiger partial charge in [0.05, 0.1) is 10.9 Å². The number of aromatic amines is 1. The molecule has 66 valence electrons. The number of para-hydroxylation sites is 1. The third kappa shape index (κ3) is 1.21. The fourth-order valence-electron chi connectivity index (χ4n) is 1.13. The van der Waals surface area contributed by atoms with Gasteiger partial charge >= 0.3 is 0 Å². The zero-order valence-electron chi connectivity index (χ0n) is 6.54. The van der Waals surface area contributed by atoms with Crippen LogP contribution in [0.3, 0.4) is 0 Å². The van der Waals surface area contributed by atoms with Gasteiger partial charge in [0.25, 0.3) is 0 Å². The number of rotatable bonds is 0. The van der Waals surface area contributed by atoms with Gasteiger partial charge in [0.2, 0.25) is 5.43 Å². The first-order valence-electron chi connectivity index (χ1n) is 3.62. The molecule has 1 aromatic heterocycles. The van der Waals surface area contributed by atoms with Crippen LogP contribution in [0.1, 0.15) is 0 Å². The highest BCUT2D eigenvalue weighted by Gasteiger charge is 2.04. The molecule has 0 spiro atoms. The molecule has 0 aliphatic heterocycles. The van der Waals surface area contributed by atoms with E-state index in [1.165, 1.54) is 0 Å². The molecule has 5 heteroatoms. The fraction of sp³-hybridized carbons (Fsp3) is 0. The average Bonchev–Trinajstić information content (AvgIpc) is 2.12. The van der Waals surface area contributed by atoms with Gasteiger partial charge in [-0.2, -0.15) is 5.10 Å². The summed E-state index contributed by atoms with van der Waals surface area (Å²) in [5.41, 5.74) is 5.79. The van der Waals surface area contributed by atoms with Gasteiger partial charge in [0.15, 0.2) is 5.82 Å². The van der Waals surface area contributed by atoms with Crippen molar-refractivity contribution in [3.8, 4) is 0 Å². The van der Waals surface area contributed by atoms with Gasteiger partial charge in [-0.1, -0.05) is 6.07 Å². The molecule has 0 radical (unpaired) electrons. The lowest BCUT2D eigenvalue weighted by molar-refractivity contribution is 1.07. The van der Waals surface area contributed by atoms with Crippen LogP contribution in [0.4, 0.5) is 5.82 Å². The van der Waals surface area contributed by atoms with Crippen LogP contribution in [-0.2, 0) is 0 Å². The van der Waals surface area contributed by atoms with Crippen molar-refractivity contribution in [3.05, 3.63) is 32.9 Å². The van der Waals surface area contributed by atoms with E-state index in [0.717, 1.165) is 4.47 Å². The van der Waals surface area contributed by atoms with E-state index >= 15 is 0 Å². The number of H-pyrrole nitrogens is 1. The molecule has 0 aliphatic carbocycles. The average molecular weight is 240 g/mol. The second-order valence-electron chi connectivity index (χ2n) is 2.60. The quantitative estimate of drug-likeness (QED) is 0.728. The Morgan fingerprint density at radius 3 is 3.00 bits per heavy atom.